The van der Waals surface area contributed by atoms with Crippen LogP contribution in [0.15, 0.2) is 121 Å². The number of esters is 1. The van der Waals surface area contributed by atoms with Crippen LogP contribution in [0.3, 0.4) is 0 Å². The van der Waals surface area contributed by atoms with Crippen LogP contribution in [0.1, 0.15) is 38.9 Å². The van der Waals surface area contributed by atoms with Crippen molar-refractivity contribution in [3.8, 4) is 11.5 Å². The lowest BCUT2D eigenvalue weighted by molar-refractivity contribution is -0.0617. The first kappa shape index (κ1) is 21.5. The van der Waals surface area contributed by atoms with Gasteiger partial charge >= 0.3 is 5.97 Å². The van der Waals surface area contributed by atoms with Crippen LogP contribution in [0.25, 0.3) is 16.8 Å². The van der Waals surface area contributed by atoms with Crippen LogP contribution in [0.2, 0.25) is 0 Å². The smallest absolute Gasteiger partial charge is 0.346 e. The summed E-state index contributed by atoms with van der Waals surface area (Å²) in [5.74, 6) is 0.708. The Balaban J connectivity index is 1.46. The molecule has 1 atom stereocenters. The summed E-state index contributed by atoms with van der Waals surface area (Å²) in [5.41, 5.74) is 2.95. The topological polar surface area (TPSA) is 44.8 Å². The molecule has 2 aliphatic rings. The predicted molar refractivity (Wildman–Crippen MR) is 143 cm³/mol. The van der Waals surface area contributed by atoms with Crippen LogP contribution in [-0.4, -0.2) is 5.97 Å². The van der Waals surface area contributed by atoms with Crippen molar-refractivity contribution in [3.05, 3.63) is 149 Å². The van der Waals surface area contributed by atoms with Crippen LogP contribution in [0.5, 0.6) is 11.5 Å². The van der Waals surface area contributed by atoms with Gasteiger partial charge in [-0.2, -0.15) is 0 Å². The lowest BCUT2D eigenvalue weighted by Gasteiger charge is -2.38. The molecule has 0 amide bonds. The zero-order chi connectivity index (χ0) is 24.8. The number of cyclic esters (lactones) is 1. The lowest BCUT2D eigenvalue weighted by atomic mass is 9.82. The zero-order valence-corrected chi connectivity index (χ0v) is 19.8. The molecule has 178 valence electrons. The van der Waals surface area contributed by atoms with Crippen molar-refractivity contribution in [1.82, 2.24) is 0 Å². The molecular formula is C33H22O4. The van der Waals surface area contributed by atoms with Crippen LogP contribution in [-0.2, 0) is 10.3 Å². The summed E-state index contributed by atoms with van der Waals surface area (Å²) in [6.07, 6.45) is 3.17. The Bertz CT molecular complexity index is 1620. The predicted octanol–water partition coefficient (Wildman–Crippen LogP) is 7.44. The molecule has 5 aromatic carbocycles. The molecule has 2 heterocycles. The number of benzene rings is 5. The summed E-state index contributed by atoms with van der Waals surface area (Å²) in [7, 11) is 0. The lowest BCUT2D eigenvalue weighted by Crippen LogP contribution is -2.35. The first-order valence-electron chi connectivity index (χ1n) is 12.3. The van der Waals surface area contributed by atoms with E-state index >= 15 is 0 Å². The van der Waals surface area contributed by atoms with Gasteiger partial charge in [0.1, 0.15) is 17.1 Å². The minimum Gasteiger partial charge on any atom is -0.472 e. The Morgan fingerprint density at radius 3 is 1.76 bits per heavy atom. The highest BCUT2D eigenvalue weighted by Crippen LogP contribution is 2.51. The molecule has 4 heteroatoms. The fraction of sp³-hybridized carbons (Fsp3) is 0.0606. The van der Waals surface area contributed by atoms with E-state index in [0.29, 0.717) is 22.6 Å². The fourth-order valence-electron chi connectivity index (χ4n) is 5.27. The summed E-state index contributed by atoms with van der Waals surface area (Å²) >= 11 is 0. The Kier molecular flexibility index (Phi) is 4.86. The van der Waals surface area contributed by atoms with Gasteiger partial charge in [-0.25, -0.2) is 4.79 Å². The van der Waals surface area contributed by atoms with E-state index in [9.17, 15) is 4.79 Å². The summed E-state index contributed by atoms with van der Waals surface area (Å²) in [6.45, 7) is 0. The van der Waals surface area contributed by atoms with Crippen LogP contribution >= 0.6 is 0 Å². The molecule has 0 bridgehead atoms. The molecule has 0 aromatic heterocycles. The van der Waals surface area contributed by atoms with Crippen molar-refractivity contribution in [1.29, 1.82) is 0 Å². The maximum Gasteiger partial charge on any atom is 0.346 e. The average molecular weight is 483 g/mol. The van der Waals surface area contributed by atoms with Crippen LogP contribution in [0.4, 0.5) is 0 Å². The Hall–Kier alpha value is -4.83. The Morgan fingerprint density at radius 2 is 1.14 bits per heavy atom. The number of ether oxygens (including phenoxy) is 3. The van der Waals surface area contributed by atoms with E-state index in [1.54, 1.807) is 0 Å². The number of fused-ring (bicyclic) bond motifs is 6. The summed E-state index contributed by atoms with van der Waals surface area (Å²) < 4.78 is 19.1. The molecule has 0 spiro atoms. The maximum absolute atomic E-state index is 13.5. The van der Waals surface area contributed by atoms with Gasteiger partial charge < -0.3 is 14.2 Å². The van der Waals surface area contributed by atoms with Gasteiger partial charge in [0.25, 0.3) is 6.29 Å². The average Bonchev–Trinajstić information content (AvgIpc) is 2.98. The number of hydrogen-bond acceptors (Lipinski definition) is 4. The number of carbonyl (C=O) groups is 1. The normalized spacial score (nSPS) is 17.2. The molecule has 0 saturated heterocycles. The number of carbonyl (C=O) groups excluding carboxylic acids is 1. The Labute approximate surface area is 214 Å². The van der Waals surface area contributed by atoms with Gasteiger partial charge in [-0.3, -0.25) is 0 Å². The van der Waals surface area contributed by atoms with Crippen molar-refractivity contribution >= 4 is 22.8 Å². The van der Waals surface area contributed by atoms with E-state index in [2.05, 4.69) is 24.3 Å². The van der Waals surface area contributed by atoms with E-state index in [1.165, 1.54) is 0 Å². The monoisotopic (exact) mass is 482 g/mol. The van der Waals surface area contributed by atoms with Crippen molar-refractivity contribution in [2.75, 3.05) is 0 Å². The van der Waals surface area contributed by atoms with Gasteiger partial charge in [0.15, 0.2) is 5.60 Å². The SMILES string of the molecule is O=C1OC(c2ccccc2)Oc2c1c1c(c3ccccc23)OC(c2ccccc2)(c2ccccc2)C=C1. The third-order valence-corrected chi connectivity index (χ3v) is 7.03. The van der Waals surface area contributed by atoms with Gasteiger partial charge in [-0.1, -0.05) is 115 Å². The van der Waals surface area contributed by atoms with Crippen molar-refractivity contribution < 1.29 is 19.0 Å². The van der Waals surface area contributed by atoms with Crippen LogP contribution < -0.4 is 9.47 Å². The molecule has 1 unspecified atom stereocenters. The molecule has 0 N–H and O–H groups in total. The molecule has 0 radical (unpaired) electrons. The summed E-state index contributed by atoms with van der Waals surface area (Å²) in [5, 5.41) is 1.68. The van der Waals surface area contributed by atoms with E-state index in [0.717, 1.165) is 27.5 Å². The van der Waals surface area contributed by atoms with E-state index < -0.39 is 17.9 Å². The summed E-state index contributed by atoms with van der Waals surface area (Å²) in [4.78, 5) is 13.5. The van der Waals surface area contributed by atoms with Gasteiger partial charge in [0, 0.05) is 33.0 Å². The van der Waals surface area contributed by atoms with E-state index in [1.807, 2.05) is 103 Å². The highest BCUT2D eigenvalue weighted by atomic mass is 16.7. The summed E-state index contributed by atoms with van der Waals surface area (Å²) in [6, 6.07) is 37.6. The zero-order valence-electron chi connectivity index (χ0n) is 19.8. The van der Waals surface area contributed by atoms with Crippen molar-refractivity contribution in [2.24, 2.45) is 0 Å². The molecule has 2 aliphatic heterocycles. The number of rotatable bonds is 3. The second-order valence-electron chi connectivity index (χ2n) is 9.16. The van der Waals surface area contributed by atoms with Gasteiger partial charge in [0.2, 0.25) is 0 Å². The van der Waals surface area contributed by atoms with E-state index in [4.69, 9.17) is 14.2 Å². The van der Waals surface area contributed by atoms with Crippen LogP contribution in [0, 0.1) is 0 Å². The first-order chi connectivity index (χ1) is 18.2. The van der Waals surface area contributed by atoms with Crippen molar-refractivity contribution in [2.45, 2.75) is 11.9 Å². The number of hydrogen-bond donors (Lipinski definition) is 0. The van der Waals surface area contributed by atoms with E-state index in [-0.39, 0.29) is 0 Å². The third-order valence-electron chi connectivity index (χ3n) is 7.03. The molecule has 0 saturated carbocycles. The third kappa shape index (κ3) is 3.34. The molecule has 7 rings (SSSR count). The standard InChI is InChI=1S/C33H22O4/c34-31-28-27-20-21-33(23-14-6-2-7-15-23,24-16-8-3-9-17-24)37-29(27)25-18-10-11-19-26(25)30(28)35-32(36-31)22-12-4-1-5-13-22/h1-21,32H. The van der Waals surface area contributed by atoms with Gasteiger partial charge in [0.05, 0.1) is 0 Å². The quantitative estimate of drug-likeness (QED) is 0.251. The molecular weight excluding hydrogens is 460 g/mol. The van der Waals surface area contributed by atoms with Crippen molar-refractivity contribution in [3.63, 3.8) is 0 Å². The maximum atomic E-state index is 13.5. The molecule has 37 heavy (non-hydrogen) atoms. The minimum absolute atomic E-state index is 0.381. The fourth-order valence-corrected chi connectivity index (χ4v) is 5.27. The van der Waals surface area contributed by atoms with Gasteiger partial charge in [-0.05, 0) is 12.2 Å². The largest absolute Gasteiger partial charge is 0.472 e. The second kappa shape index (κ2) is 8.38. The first-order valence-corrected chi connectivity index (χ1v) is 12.3. The highest BCUT2D eigenvalue weighted by molar-refractivity contribution is 6.09. The van der Waals surface area contributed by atoms with Gasteiger partial charge in [-0.15, -0.1) is 0 Å². The molecule has 0 aliphatic carbocycles. The molecule has 4 nitrogen and oxygen atoms in total. The molecule has 5 aromatic rings. The Morgan fingerprint density at radius 1 is 0.595 bits per heavy atom. The second-order valence-corrected chi connectivity index (χ2v) is 9.16. The molecule has 0 fully saturated rings. The minimum atomic E-state index is -0.863. The highest BCUT2D eigenvalue weighted by Gasteiger charge is 2.41.